The zero-order valence-corrected chi connectivity index (χ0v) is 8.17. The molecule has 1 amide bonds. The molecule has 0 bridgehead atoms. The van der Waals surface area contributed by atoms with Crippen LogP contribution in [0.3, 0.4) is 0 Å². The number of amides is 1. The van der Waals surface area contributed by atoms with Gasteiger partial charge in [-0.05, 0) is 32.6 Å². The molecule has 4 nitrogen and oxygen atoms in total. The van der Waals surface area contributed by atoms with Gasteiger partial charge in [-0.2, -0.15) is 0 Å². The van der Waals surface area contributed by atoms with E-state index in [9.17, 15) is 4.79 Å². The lowest BCUT2D eigenvalue weighted by molar-refractivity contribution is 0.0455. The summed E-state index contributed by atoms with van der Waals surface area (Å²) in [7, 11) is 1.71. The van der Waals surface area contributed by atoms with Crippen molar-refractivity contribution in [2.75, 3.05) is 7.11 Å². The zero-order valence-electron chi connectivity index (χ0n) is 8.17. The fourth-order valence-electron chi connectivity index (χ4n) is 1.85. The number of hydrogen-bond acceptors (Lipinski definition) is 2. The molecular weight excluding hydrogens is 170 g/mol. The van der Waals surface area contributed by atoms with Crippen LogP contribution in [0.5, 0.6) is 0 Å². The first-order valence-electron chi connectivity index (χ1n) is 4.60. The summed E-state index contributed by atoms with van der Waals surface area (Å²) in [5.74, 6) is 0. The summed E-state index contributed by atoms with van der Waals surface area (Å²) in [5, 5.41) is 11.2. The van der Waals surface area contributed by atoms with Gasteiger partial charge in [-0.25, -0.2) is 4.79 Å². The summed E-state index contributed by atoms with van der Waals surface area (Å²) >= 11 is 0. The lowest BCUT2D eigenvalue weighted by Gasteiger charge is -2.36. The predicted octanol–water partition coefficient (Wildman–Crippen LogP) is 1.60. The Labute approximate surface area is 78.3 Å². The van der Waals surface area contributed by atoms with Crippen molar-refractivity contribution < 1.29 is 14.6 Å². The van der Waals surface area contributed by atoms with Crippen LogP contribution in [-0.4, -0.2) is 30.0 Å². The number of carboxylic acid groups (broad SMARTS) is 1. The molecule has 0 unspecified atom stereocenters. The molecule has 1 aliphatic carbocycles. The summed E-state index contributed by atoms with van der Waals surface area (Å²) in [6.07, 6.45) is 2.97. The number of ether oxygens (including phenoxy) is 1. The highest BCUT2D eigenvalue weighted by molar-refractivity contribution is 5.65. The first kappa shape index (κ1) is 10.3. The topological polar surface area (TPSA) is 58.6 Å². The lowest BCUT2D eigenvalue weighted by Crippen LogP contribution is -2.48. The van der Waals surface area contributed by atoms with Gasteiger partial charge in [-0.3, -0.25) is 0 Å². The minimum Gasteiger partial charge on any atom is -0.465 e. The van der Waals surface area contributed by atoms with Gasteiger partial charge in [-0.1, -0.05) is 0 Å². The third-order valence-corrected chi connectivity index (χ3v) is 2.78. The fraction of sp³-hybridized carbons (Fsp3) is 0.889. The Bertz CT molecular complexity index is 185. The van der Waals surface area contributed by atoms with E-state index in [1.165, 1.54) is 0 Å². The first-order valence-corrected chi connectivity index (χ1v) is 4.60. The van der Waals surface area contributed by atoms with Gasteiger partial charge >= 0.3 is 6.09 Å². The molecule has 4 heteroatoms. The predicted molar refractivity (Wildman–Crippen MR) is 48.8 cm³/mol. The van der Waals surface area contributed by atoms with Gasteiger partial charge in [0.05, 0.1) is 6.10 Å². The molecule has 1 rings (SSSR count). The Balaban J connectivity index is 2.41. The Morgan fingerprint density at radius 2 is 2.08 bits per heavy atom. The second-order valence-electron chi connectivity index (χ2n) is 3.93. The van der Waals surface area contributed by atoms with E-state index in [1.54, 1.807) is 7.11 Å². The van der Waals surface area contributed by atoms with Crippen LogP contribution < -0.4 is 5.32 Å². The minimum atomic E-state index is -0.932. The van der Waals surface area contributed by atoms with Crippen molar-refractivity contribution in [1.29, 1.82) is 0 Å². The number of nitrogens with one attached hydrogen (secondary N) is 1. The van der Waals surface area contributed by atoms with Gasteiger partial charge in [-0.15, -0.1) is 0 Å². The molecule has 1 fully saturated rings. The van der Waals surface area contributed by atoms with Gasteiger partial charge in [0, 0.05) is 12.6 Å². The third kappa shape index (κ3) is 2.88. The molecule has 1 saturated carbocycles. The quantitative estimate of drug-likeness (QED) is 0.690. The third-order valence-electron chi connectivity index (χ3n) is 2.78. The van der Waals surface area contributed by atoms with Crippen molar-refractivity contribution >= 4 is 6.09 Å². The highest BCUT2D eigenvalue weighted by Gasteiger charge is 2.32. The van der Waals surface area contributed by atoms with E-state index in [0.717, 1.165) is 25.7 Å². The van der Waals surface area contributed by atoms with Gasteiger partial charge < -0.3 is 15.2 Å². The Kier molecular flexibility index (Phi) is 3.14. The molecule has 0 saturated heterocycles. The Morgan fingerprint density at radius 3 is 2.46 bits per heavy atom. The number of carbonyl (C=O) groups is 1. The summed E-state index contributed by atoms with van der Waals surface area (Å²) in [6.45, 7) is 1.95. The number of methoxy groups -OCH3 is 1. The van der Waals surface area contributed by atoms with Crippen molar-refractivity contribution in [3.63, 3.8) is 0 Å². The molecule has 0 atom stereocenters. The van der Waals surface area contributed by atoms with Crippen LogP contribution in [-0.2, 0) is 4.74 Å². The van der Waals surface area contributed by atoms with Crippen LogP contribution in [0.25, 0.3) is 0 Å². The van der Waals surface area contributed by atoms with Gasteiger partial charge in [0.25, 0.3) is 0 Å². The first-order chi connectivity index (χ1) is 6.06. The highest BCUT2D eigenvalue weighted by Crippen LogP contribution is 2.29. The van der Waals surface area contributed by atoms with E-state index < -0.39 is 6.09 Å². The lowest BCUT2D eigenvalue weighted by atomic mass is 9.82. The second kappa shape index (κ2) is 3.96. The average Bonchev–Trinajstić information content (AvgIpc) is 2.04. The standard InChI is InChI=1S/C9H17NO3/c1-9(10-8(11)12)5-3-7(13-2)4-6-9/h7,10H,3-6H2,1-2H3,(H,11,12). The highest BCUT2D eigenvalue weighted by atomic mass is 16.5. The second-order valence-corrected chi connectivity index (χ2v) is 3.93. The van der Waals surface area contributed by atoms with E-state index in [0.29, 0.717) is 6.10 Å². The van der Waals surface area contributed by atoms with Crippen LogP contribution >= 0.6 is 0 Å². The summed E-state index contributed by atoms with van der Waals surface area (Å²) in [4.78, 5) is 10.5. The minimum absolute atomic E-state index is 0.249. The summed E-state index contributed by atoms with van der Waals surface area (Å²) < 4.78 is 5.21. The molecule has 0 aromatic heterocycles. The molecule has 0 radical (unpaired) electrons. The largest absolute Gasteiger partial charge is 0.465 e. The van der Waals surface area contributed by atoms with E-state index in [1.807, 2.05) is 6.92 Å². The maximum atomic E-state index is 10.5. The van der Waals surface area contributed by atoms with Crippen molar-refractivity contribution in [3.8, 4) is 0 Å². The molecule has 2 N–H and O–H groups in total. The molecular formula is C9H17NO3. The average molecular weight is 187 g/mol. The smallest absolute Gasteiger partial charge is 0.405 e. The fourth-order valence-corrected chi connectivity index (χ4v) is 1.85. The van der Waals surface area contributed by atoms with E-state index in [-0.39, 0.29) is 5.54 Å². The van der Waals surface area contributed by atoms with Crippen molar-refractivity contribution in [3.05, 3.63) is 0 Å². The monoisotopic (exact) mass is 187 g/mol. The molecule has 76 valence electrons. The van der Waals surface area contributed by atoms with Crippen LogP contribution in [0.4, 0.5) is 4.79 Å². The summed E-state index contributed by atoms with van der Waals surface area (Å²) in [5.41, 5.74) is -0.249. The molecule has 0 spiro atoms. The van der Waals surface area contributed by atoms with Crippen LogP contribution in [0, 0.1) is 0 Å². The van der Waals surface area contributed by atoms with Crippen LogP contribution in [0.1, 0.15) is 32.6 Å². The van der Waals surface area contributed by atoms with Crippen LogP contribution in [0.15, 0.2) is 0 Å². The Hall–Kier alpha value is -0.770. The SMILES string of the molecule is COC1CCC(C)(NC(=O)O)CC1. The number of hydrogen-bond donors (Lipinski definition) is 2. The maximum Gasteiger partial charge on any atom is 0.405 e. The van der Waals surface area contributed by atoms with E-state index >= 15 is 0 Å². The van der Waals surface area contributed by atoms with Gasteiger partial charge in [0.15, 0.2) is 0 Å². The van der Waals surface area contributed by atoms with Crippen molar-refractivity contribution in [2.24, 2.45) is 0 Å². The molecule has 13 heavy (non-hydrogen) atoms. The van der Waals surface area contributed by atoms with Gasteiger partial charge in [0.1, 0.15) is 0 Å². The molecule has 0 heterocycles. The molecule has 1 aliphatic rings. The zero-order chi connectivity index (χ0) is 9.90. The van der Waals surface area contributed by atoms with E-state index in [2.05, 4.69) is 5.32 Å². The molecule has 0 aliphatic heterocycles. The number of rotatable bonds is 2. The van der Waals surface area contributed by atoms with Gasteiger partial charge in [0.2, 0.25) is 0 Å². The maximum absolute atomic E-state index is 10.5. The molecule has 0 aromatic carbocycles. The summed E-state index contributed by atoms with van der Waals surface area (Å²) in [6, 6.07) is 0. The Morgan fingerprint density at radius 1 is 1.54 bits per heavy atom. The molecule has 0 aromatic rings. The van der Waals surface area contributed by atoms with Crippen molar-refractivity contribution in [2.45, 2.75) is 44.2 Å². The normalized spacial score (nSPS) is 34.2. The van der Waals surface area contributed by atoms with E-state index in [4.69, 9.17) is 9.84 Å². The van der Waals surface area contributed by atoms with Crippen LogP contribution in [0.2, 0.25) is 0 Å². The van der Waals surface area contributed by atoms with Crippen molar-refractivity contribution in [1.82, 2.24) is 5.32 Å².